The summed E-state index contributed by atoms with van der Waals surface area (Å²) >= 11 is 0. The van der Waals surface area contributed by atoms with Gasteiger partial charge in [0.1, 0.15) is 5.75 Å². The van der Waals surface area contributed by atoms with E-state index in [2.05, 4.69) is 15.6 Å². The van der Waals surface area contributed by atoms with Crippen LogP contribution in [0.1, 0.15) is 29.6 Å². The van der Waals surface area contributed by atoms with Crippen molar-refractivity contribution < 1.29 is 9.90 Å². The zero-order valence-electron chi connectivity index (χ0n) is 12.4. The number of nitrogens with one attached hydrogen (secondary N) is 2. The molecule has 0 spiro atoms. The van der Waals surface area contributed by atoms with Crippen LogP contribution in [-0.4, -0.2) is 36.6 Å². The van der Waals surface area contributed by atoms with Gasteiger partial charge in [-0.2, -0.15) is 0 Å². The molecule has 0 heterocycles. The monoisotopic (exact) mass is 418 g/mol. The van der Waals surface area contributed by atoms with Gasteiger partial charge in [-0.15, -0.1) is 24.0 Å². The number of phenolic OH excluding ortho intramolecular Hbond substituents is 1. The number of nitrogens with zero attached hydrogens (tertiary/aromatic N) is 1. The standard InChI is InChI=1S/C15H22N4O2.HI/c16-15(19-10-11-2-1-3-11)18-9-8-17-14(21)12-4-6-13(20)7-5-12;/h4-7,11,20H,1-3,8-10H2,(H,17,21)(H3,16,18,19);1H. The maximum atomic E-state index is 11.8. The number of rotatable bonds is 6. The van der Waals surface area contributed by atoms with E-state index in [1.54, 1.807) is 12.1 Å². The van der Waals surface area contributed by atoms with Crippen LogP contribution >= 0.6 is 24.0 Å². The van der Waals surface area contributed by atoms with E-state index in [0.717, 1.165) is 6.54 Å². The maximum absolute atomic E-state index is 11.8. The van der Waals surface area contributed by atoms with Crippen molar-refractivity contribution in [1.29, 1.82) is 0 Å². The number of benzene rings is 1. The zero-order valence-corrected chi connectivity index (χ0v) is 14.7. The SMILES string of the molecule is I.NC(=NCC1CCC1)NCCNC(=O)c1ccc(O)cc1. The molecule has 0 bridgehead atoms. The number of guanidine groups is 1. The lowest BCUT2D eigenvalue weighted by Crippen LogP contribution is -2.38. The fraction of sp³-hybridized carbons (Fsp3) is 0.467. The molecule has 1 aromatic carbocycles. The van der Waals surface area contributed by atoms with Crippen molar-refractivity contribution >= 4 is 35.8 Å². The fourth-order valence-corrected chi connectivity index (χ4v) is 2.04. The number of halogens is 1. The first kappa shape index (κ1) is 18.5. The molecule has 1 aliphatic rings. The molecule has 1 amide bonds. The second-order valence-corrected chi connectivity index (χ2v) is 5.25. The van der Waals surface area contributed by atoms with Gasteiger partial charge in [0.05, 0.1) is 0 Å². The maximum Gasteiger partial charge on any atom is 0.251 e. The Hall–Kier alpha value is -1.51. The van der Waals surface area contributed by atoms with E-state index in [1.807, 2.05) is 0 Å². The number of carbonyl (C=O) groups is 1. The lowest BCUT2D eigenvalue weighted by Gasteiger charge is -2.23. The molecule has 0 saturated heterocycles. The van der Waals surface area contributed by atoms with E-state index in [1.165, 1.54) is 31.4 Å². The Morgan fingerprint density at radius 2 is 1.86 bits per heavy atom. The Morgan fingerprint density at radius 3 is 2.45 bits per heavy atom. The number of hydrogen-bond donors (Lipinski definition) is 4. The lowest BCUT2D eigenvalue weighted by molar-refractivity contribution is 0.0954. The second kappa shape index (κ2) is 9.50. The summed E-state index contributed by atoms with van der Waals surface area (Å²) < 4.78 is 0. The third-order valence-electron chi connectivity index (χ3n) is 3.59. The molecule has 122 valence electrons. The number of hydrogen-bond acceptors (Lipinski definition) is 3. The summed E-state index contributed by atoms with van der Waals surface area (Å²) in [4.78, 5) is 16.1. The Labute approximate surface area is 147 Å². The molecule has 0 atom stereocenters. The van der Waals surface area contributed by atoms with Gasteiger partial charge in [-0.1, -0.05) is 6.42 Å². The van der Waals surface area contributed by atoms with Gasteiger partial charge in [0, 0.05) is 25.2 Å². The van der Waals surface area contributed by atoms with Gasteiger partial charge in [0.15, 0.2) is 5.96 Å². The highest BCUT2D eigenvalue weighted by atomic mass is 127. The Morgan fingerprint density at radius 1 is 1.23 bits per heavy atom. The second-order valence-electron chi connectivity index (χ2n) is 5.25. The molecule has 0 aromatic heterocycles. The van der Waals surface area contributed by atoms with E-state index >= 15 is 0 Å². The number of aliphatic imine (C=N–C) groups is 1. The molecule has 1 fully saturated rings. The summed E-state index contributed by atoms with van der Waals surface area (Å²) in [5.74, 6) is 1.09. The van der Waals surface area contributed by atoms with Gasteiger partial charge in [0.2, 0.25) is 0 Å². The minimum atomic E-state index is -0.179. The van der Waals surface area contributed by atoms with Crippen LogP contribution in [0.15, 0.2) is 29.3 Å². The van der Waals surface area contributed by atoms with Gasteiger partial charge in [-0.25, -0.2) is 0 Å². The van der Waals surface area contributed by atoms with E-state index in [4.69, 9.17) is 10.8 Å². The van der Waals surface area contributed by atoms with Crippen LogP contribution in [0.3, 0.4) is 0 Å². The van der Waals surface area contributed by atoms with Gasteiger partial charge in [-0.05, 0) is 43.0 Å². The summed E-state index contributed by atoms with van der Waals surface area (Å²) in [5, 5.41) is 14.9. The molecule has 0 radical (unpaired) electrons. The lowest BCUT2D eigenvalue weighted by atomic mass is 9.86. The van der Waals surface area contributed by atoms with E-state index in [-0.39, 0.29) is 35.6 Å². The number of aromatic hydroxyl groups is 1. The molecule has 6 nitrogen and oxygen atoms in total. The third-order valence-corrected chi connectivity index (χ3v) is 3.59. The molecule has 22 heavy (non-hydrogen) atoms. The Balaban J connectivity index is 0.00000242. The van der Waals surface area contributed by atoms with E-state index in [0.29, 0.717) is 30.5 Å². The molecule has 0 aliphatic heterocycles. The highest BCUT2D eigenvalue weighted by Gasteiger charge is 2.16. The normalized spacial score (nSPS) is 14.6. The summed E-state index contributed by atoms with van der Waals surface area (Å²) in [5.41, 5.74) is 6.26. The van der Waals surface area contributed by atoms with Crippen LogP contribution in [0.2, 0.25) is 0 Å². The molecule has 1 saturated carbocycles. The highest BCUT2D eigenvalue weighted by molar-refractivity contribution is 14.0. The fourth-order valence-electron chi connectivity index (χ4n) is 2.04. The minimum Gasteiger partial charge on any atom is -0.508 e. The Bertz CT molecular complexity index is 501. The van der Waals surface area contributed by atoms with Crippen LogP contribution in [0, 0.1) is 5.92 Å². The van der Waals surface area contributed by atoms with Crippen molar-refractivity contribution in [1.82, 2.24) is 10.6 Å². The largest absolute Gasteiger partial charge is 0.508 e. The van der Waals surface area contributed by atoms with Crippen molar-refractivity contribution in [3.63, 3.8) is 0 Å². The smallest absolute Gasteiger partial charge is 0.251 e. The third kappa shape index (κ3) is 6.08. The zero-order chi connectivity index (χ0) is 15.1. The first-order chi connectivity index (χ1) is 10.1. The summed E-state index contributed by atoms with van der Waals surface area (Å²) in [6.07, 6.45) is 3.80. The predicted octanol–water partition coefficient (Wildman–Crippen LogP) is 1.44. The molecule has 7 heteroatoms. The summed E-state index contributed by atoms with van der Waals surface area (Å²) in [7, 11) is 0. The van der Waals surface area contributed by atoms with Crippen LogP contribution in [-0.2, 0) is 0 Å². The minimum absolute atomic E-state index is 0. The molecule has 1 aromatic rings. The topological polar surface area (TPSA) is 99.7 Å². The van der Waals surface area contributed by atoms with Crippen molar-refractivity contribution in [3.8, 4) is 5.75 Å². The average Bonchev–Trinajstić information content (AvgIpc) is 2.42. The molecule has 2 rings (SSSR count). The van der Waals surface area contributed by atoms with Crippen molar-refractivity contribution in [2.24, 2.45) is 16.6 Å². The van der Waals surface area contributed by atoms with Crippen molar-refractivity contribution in [2.45, 2.75) is 19.3 Å². The molecular weight excluding hydrogens is 395 g/mol. The number of carbonyl (C=O) groups excluding carboxylic acids is 1. The average molecular weight is 418 g/mol. The molecule has 1 aliphatic carbocycles. The number of phenols is 1. The van der Waals surface area contributed by atoms with E-state index in [9.17, 15) is 4.79 Å². The molecular formula is C15H23IN4O2. The van der Waals surface area contributed by atoms with Gasteiger partial charge < -0.3 is 21.5 Å². The van der Waals surface area contributed by atoms with Gasteiger partial charge in [-0.3, -0.25) is 9.79 Å². The Kier molecular flexibility index (Phi) is 8.00. The number of nitrogens with two attached hydrogens (primary N) is 1. The van der Waals surface area contributed by atoms with Crippen LogP contribution in [0.4, 0.5) is 0 Å². The van der Waals surface area contributed by atoms with Gasteiger partial charge >= 0.3 is 0 Å². The van der Waals surface area contributed by atoms with E-state index < -0.39 is 0 Å². The van der Waals surface area contributed by atoms with Crippen LogP contribution in [0.25, 0.3) is 0 Å². The predicted molar refractivity (Wildman–Crippen MR) is 97.7 cm³/mol. The van der Waals surface area contributed by atoms with Crippen LogP contribution < -0.4 is 16.4 Å². The van der Waals surface area contributed by atoms with Crippen LogP contribution in [0.5, 0.6) is 5.75 Å². The summed E-state index contributed by atoms with van der Waals surface area (Å²) in [6, 6.07) is 6.12. The molecule has 5 N–H and O–H groups in total. The quantitative estimate of drug-likeness (QED) is 0.243. The van der Waals surface area contributed by atoms with Crippen molar-refractivity contribution in [2.75, 3.05) is 19.6 Å². The highest BCUT2D eigenvalue weighted by Crippen LogP contribution is 2.26. The first-order valence-corrected chi connectivity index (χ1v) is 7.26. The van der Waals surface area contributed by atoms with Gasteiger partial charge in [0.25, 0.3) is 5.91 Å². The summed E-state index contributed by atoms with van der Waals surface area (Å²) in [6.45, 7) is 1.78. The first-order valence-electron chi connectivity index (χ1n) is 7.26. The molecule has 0 unspecified atom stereocenters. The number of amides is 1. The van der Waals surface area contributed by atoms with Crippen molar-refractivity contribution in [3.05, 3.63) is 29.8 Å².